The minimum absolute atomic E-state index is 0. The van der Waals surface area contributed by atoms with E-state index in [2.05, 4.69) is 0 Å². The fourth-order valence-corrected chi connectivity index (χ4v) is 0. The molecule has 0 nitrogen and oxygen atoms in total. The van der Waals surface area contributed by atoms with E-state index in [9.17, 15) is 0 Å². The zero-order valence-electron chi connectivity index (χ0n) is 1.93. The zero-order chi connectivity index (χ0) is 0. The van der Waals surface area contributed by atoms with Crippen LogP contribution < -0.4 is 0 Å². The Morgan fingerprint density at radius 1 is 0.600 bits per heavy atom. The van der Waals surface area contributed by atoms with Crippen LogP contribution in [0.5, 0.6) is 0 Å². The van der Waals surface area contributed by atoms with Crippen molar-refractivity contribution in [1.29, 1.82) is 0 Å². The van der Waals surface area contributed by atoms with E-state index in [0.29, 0.717) is 0 Å². The maximum absolute atomic E-state index is 0. The molecule has 0 amide bonds. The molecule has 0 aliphatic carbocycles. The fraction of sp³-hybridized carbons (Fsp3) is 0. The second-order valence-corrected chi connectivity index (χ2v) is 0. The Hall–Kier alpha value is 2.26. The molecule has 0 spiro atoms. The molecule has 0 aromatic rings. The van der Waals surface area contributed by atoms with Crippen LogP contribution in [-0.4, -0.2) is 0 Å². The van der Waals surface area contributed by atoms with Gasteiger partial charge in [-0.2, -0.15) is 0 Å². The monoisotopic (exact) mass is 257 g/mol. The predicted molar refractivity (Wildman–Crippen MR) is 22.1 cm³/mol. The van der Waals surface area contributed by atoms with Gasteiger partial charge in [0.2, 0.25) is 0 Å². The Labute approximate surface area is 77.9 Å². The van der Waals surface area contributed by atoms with Gasteiger partial charge in [-0.1, -0.05) is 0 Å². The first kappa shape index (κ1) is 55.8. The van der Waals surface area contributed by atoms with Gasteiger partial charge in [-0.3, -0.25) is 0 Å². The van der Waals surface area contributed by atoms with E-state index in [1.807, 2.05) is 0 Å². The van der Waals surface area contributed by atoms with Gasteiger partial charge in [0, 0.05) is 38.1 Å². The molecule has 0 rings (SSSR count). The van der Waals surface area contributed by atoms with E-state index in [1.165, 1.54) is 0 Å². The molecule has 0 N–H and O–H groups in total. The number of hydrogen-bond acceptors (Lipinski definition) is 0. The molecular formula is CuMoS3-6. The third-order valence-electron chi connectivity index (χ3n) is 0. The molecule has 0 aromatic heterocycles. The second-order valence-electron chi connectivity index (χ2n) is 0. The molecule has 0 saturated carbocycles. The van der Waals surface area contributed by atoms with Crippen molar-refractivity contribution < 1.29 is 38.1 Å². The van der Waals surface area contributed by atoms with E-state index in [0.717, 1.165) is 0 Å². The van der Waals surface area contributed by atoms with Crippen molar-refractivity contribution in [2.24, 2.45) is 0 Å². The van der Waals surface area contributed by atoms with Crippen molar-refractivity contribution in [3.05, 3.63) is 0 Å². The van der Waals surface area contributed by atoms with Crippen LogP contribution in [0.3, 0.4) is 0 Å². The minimum Gasteiger partial charge on any atom is -2.00 e. The quantitative estimate of drug-likeness (QED) is 0.534. The van der Waals surface area contributed by atoms with E-state index in [4.69, 9.17) is 0 Å². The molecule has 0 saturated heterocycles. The van der Waals surface area contributed by atoms with Crippen molar-refractivity contribution in [2.45, 2.75) is 0 Å². The van der Waals surface area contributed by atoms with Crippen molar-refractivity contribution in [3.8, 4) is 0 Å². The molecule has 5 heteroatoms. The molecule has 0 heterocycles. The summed E-state index contributed by atoms with van der Waals surface area (Å²) in [5, 5.41) is 0. The maximum atomic E-state index is 0. The standard InChI is InChI=1S/Cu.Mo.3S/q;;3*-2. The normalized spacial score (nSPS) is 0. The average Bonchev–Trinajstić information content (AvgIpc) is 0. The molecule has 0 bridgehead atoms. The van der Waals surface area contributed by atoms with Gasteiger partial charge in [0.25, 0.3) is 0 Å². The molecule has 0 atom stereocenters. The summed E-state index contributed by atoms with van der Waals surface area (Å²) in [5.41, 5.74) is 0. The van der Waals surface area contributed by atoms with E-state index >= 15 is 0 Å². The minimum atomic E-state index is 0. The van der Waals surface area contributed by atoms with Crippen molar-refractivity contribution in [1.82, 2.24) is 0 Å². The van der Waals surface area contributed by atoms with Gasteiger partial charge >= 0.3 is 0 Å². The summed E-state index contributed by atoms with van der Waals surface area (Å²) in [6.07, 6.45) is 0. The Balaban J connectivity index is 0. The zero-order valence-corrected chi connectivity index (χ0v) is 7.33. The topological polar surface area (TPSA) is 0 Å². The third kappa shape index (κ3) is 22.3. The van der Waals surface area contributed by atoms with Crippen molar-refractivity contribution >= 4 is 40.5 Å². The maximum Gasteiger partial charge on any atom is 0 e. The predicted octanol–water partition coefficient (Wildman–Crippen LogP) is -0.0122. The SMILES string of the molecule is [Cu].[Mo].[S-2].[S-2].[S-2]. The molecule has 1 radical (unpaired) electrons. The first-order valence-corrected chi connectivity index (χ1v) is 0. The smallest absolute Gasteiger partial charge is 0 e. The number of hydrogen-bond donors (Lipinski definition) is 0. The largest absolute Gasteiger partial charge is 2.00 e. The van der Waals surface area contributed by atoms with Crippen LogP contribution in [0.25, 0.3) is 0 Å². The van der Waals surface area contributed by atoms with Gasteiger partial charge in [-0.05, 0) is 0 Å². The van der Waals surface area contributed by atoms with Crippen LogP contribution >= 0.6 is 0 Å². The summed E-state index contributed by atoms with van der Waals surface area (Å²) in [7, 11) is 0. The molecule has 5 heavy (non-hydrogen) atoms. The summed E-state index contributed by atoms with van der Waals surface area (Å²) in [5.74, 6) is 0. The van der Waals surface area contributed by atoms with Crippen LogP contribution in [-0.2, 0) is 78.6 Å². The first-order chi connectivity index (χ1) is 0. The number of rotatable bonds is 0. The summed E-state index contributed by atoms with van der Waals surface area (Å²) >= 11 is 0. The van der Waals surface area contributed by atoms with Crippen molar-refractivity contribution in [2.75, 3.05) is 0 Å². The van der Waals surface area contributed by atoms with Gasteiger partial charge in [0.05, 0.1) is 0 Å². The fourth-order valence-electron chi connectivity index (χ4n) is 0. The molecule has 0 aromatic carbocycles. The van der Waals surface area contributed by atoms with Gasteiger partial charge in [-0.15, -0.1) is 0 Å². The van der Waals surface area contributed by atoms with Crippen LogP contribution in [0.1, 0.15) is 0 Å². The van der Waals surface area contributed by atoms with Crippen LogP contribution in [0, 0.1) is 0 Å². The van der Waals surface area contributed by atoms with Crippen LogP contribution in [0.4, 0.5) is 0 Å². The Morgan fingerprint density at radius 2 is 0.600 bits per heavy atom. The third-order valence-corrected chi connectivity index (χ3v) is 0. The molecular weight excluding hydrogens is 256 g/mol. The van der Waals surface area contributed by atoms with Gasteiger partial charge < -0.3 is 40.5 Å². The van der Waals surface area contributed by atoms with E-state index in [-0.39, 0.29) is 78.6 Å². The average molecular weight is 256 g/mol. The molecule has 0 aliphatic heterocycles. The van der Waals surface area contributed by atoms with Gasteiger partial charge in [-0.25, -0.2) is 0 Å². The van der Waals surface area contributed by atoms with E-state index < -0.39 is 0 Å². The van der Waals surface area contributed by atoms with Gasteiger partial charge in [0.1, 0.15) is 0 Å². The summed E-state index contributed by atoms with van der Waals surface area (Å²) in [6, 6.07) is 0. The summed E-state index contributed by atoms with van der Waals surface area (Å²) in [4.78, 5) is 0. The molecule has 0 fully saturated rings. The van der Waals surface area contributed by atoms with Crippen LogP contribution in [0.2, 0.25) is 0 Å². The second kappa shape index (κ2) is 33.9. The Kier molecular flexibility index (Phi) is 378. The summed E-state index contributed by atoms with van der Waals surface area (Å²) < 4.78 is 0. The molecule has 0 aliphatic rings. The van der Waals surface area contributed by atoms with Crippen molar-refractivity contribution in [3.63, 3.8) is 0 Å². The molecule has 0 unspecified atom stereocenters. The van der Waals surface area contributed by atoms with E-state index in [1.54, 1.807) is 0 Å². The summed E-state index contributed by atoms with van der Waals surface area (Å²) in [6.45, 7) is 0. The Bertz CT molecular complexity index is 6.85. The molecule has 41 valence electrons. The van der Waals surface area contributed by atoms with Crippen LogP contribution in [0.15, 0.2) is 0 Å². The Morgan fingerprint density at radius 3 is 0.600 bits per heavy atom. The first-order valence-electron chi connectivity index (χ1n) is 0. The van der Waals surface area contributed by atoms with Gasteiger partial charge in [0.15, 0.2) is 0 Å².